The zero-order valence-electron chi connectivity index (χ0n) is 10.6. The van der Waals surface area contributed by atoms with Crippen molar-refractivity contribution in [3.05, 3.63) is 23.5 Å². The maximum Gasteiger partial charge on any atom is 0.494 e. The van der Waals surface area contributed by atoms with Crippen LogP contribution >= 0.6 is 0 Å². The molecule has 0 aromatic heterocycles. The minimum atomic E-state index is -0.470. The molecule has 1 aromatic rings. The first-order valence-electron chi connectivity index (χ1n) is 5.70. The van der Waals surface area contributed by atoms with E-state index in [1.54, 1.807) is 13.0 Å². The molecule has 1 aromatic carbocycles. The van der Waals surface area contributed by atoms with Gasteiger partial charge >= 0.3 is 7.12 Å². The summed E-state index contributed by atoms with van der Waals surface area (Å²) in [6.07, 6.45) is -0.0156. The van der Waals surface area contributed by atoms with Crippen molar-refractivity contribution in [1.82, 2.24) is 0 Å². The highest BCUT2D eigenvalue weighted by Gasteiger charge is 2.44. The first kappa shape index (κ1) is 12.4. The van der Waals surface area contributed by atoms with Gasteiger partial charge in [0.1, 0.15) is 5.82 Å². The van der Waals surface area contributed by atoms with Gasteiger partial charge in [-0.2, -0.15) is 0 Å². The maximum atomic E-state index is 13.3. The number of hydrogen-bond acceptors (Lipinski definition) is 3. The van der Waals surface area contributed by atoms with Crippen LogP contribution in [0.5, 0.6) is 0 Å². The highest BCUT2D eigenvalue weighted by atomic mass is 19.1. The molecule has 1 saturated heterocycles. The van der Waals surface area contributed by atoms with E-state index in [4.69, 9.17) is 15.0 Å². The van der Waals surface area contributed by atoms with Crippen LogP contribution in [0.3, 0.4) is 0 Å². The second-order valence-corrected chi connectivity index (χ2v) is 5.01. The summed E-state index contributed by atoms with van der Waals surface area (Å²) < 4.78 is 24.8. The Morgan fingerprint density at radius 3 is 2.59 bits per heavy atom. The first-order valence-corrected chi connectivity index (χ1v) is 5.70. The molecule has 0 saturated carbocycles. The summed E-state index contributed by atoms with van der Waals surface area (Å²) >= 11 is 0. The van der Waals surface area contributed by atoms with Gasteiger partial charge in [0.2, 0.25) is 0 Å². The molecule has 5 heteroatoms. The number of benzene rings is 1. The fourth-order valence-electron chi connectivity index (χ4n) is 1.85. The van der Waals surface area contributed by atoms with E-state index >= 15 is 0 Å². The van der Waals surface area contributed by atoms with Gasteiger partial charge in [-0.25, -0.2) is 4.39 Å². The molecule has 0 aliphatic carbocycles. The monoisotopic (exact) mass is 237 g/mol. The number of anilines is 1. The Morgan fingerprint density at radius 2 is 2.06 bits per heavy atom. The molecule has 1 atom stereocenters. The molecule has 2 N–H and O–H groups in total. The van der Waals surface area contributed by atoms with Gasteiger partial charge in [0.25, 0.3) is 0 Å². The Hall–Kier alpha value is -1.07. The molecule has 0 amide bonds. The molecule has 1 aliphatic heterocycles. The normalized spacial score (nSPS) is 23.1. The predicted molar refractivity (Wildman–Crippen MR) is 66.6 cm³/mol. The summed E-state index contributed by atoms with van der Waals surface area (Å²) in [7, 11) is -0.470. The van der Waals surface area contributed by atoms with Gasteiger partial charge in [-0.05, 0) is 44.8 Å². The van der Waals surface area contributed by atoms with Crippen LogP contribution in [0.25, 0.3) is 0 Å². The highest BCUT2D eigenvalue weighted by molar-refractivity contribution is 6.62. The molecule has 17 heavy (non-hydrogen) atoms. The number of nitrogen functional groups attached to an aromatic ring is 1. The Morgan fingerprint density at radius 1 is 1.41 bits per heavy atom. The van der Waals surface area contributed by atoms with Crippen molar-refractivity contribution in [2.24, 2.45) is 0 Å². The van der Waals surface area contributed by atoms with E-state index in [-0.39, 0.29) is 17.4 Å². The van der Waals surface area contributed by atoms with E-state index in [1.807, 2.05) is 20.8 Å². The standard InChI is InChI=1S/C12H17BFNO2/c1-7-9(5-6-10(14)11(7)15)13-16-8(2)12(3,4)17-13/h5-6,8H,15H2,1-4H3. The summed E-state index contributed by atoms with van der Waals surface area (Å²) in [5.41, 5.74) is 6.95. The minimum Gasteiger partial charge on any atom is -0.402 e. The van der Waals surface area contributed by atoms with E-state index in [9.17, 15) is 4.39 Å². The molecule has 3 nitrogen and oxygen atoms in total. The van der Waals surface area contributed by atoms with Crippen LogP contribution in [-0.2, 0) is 9.31 Å². The van der Waals surface area contributed by atoms with Gasteiger partial charge in [-0.15, -0.1) is 0 Å². The molecule has 1 fully saturated rings. The minimum absolute atomic E-state index is 0.0156. The summed E-state index contributed by atoms with van der Waals surface area (Å²) in [6, 6.07) is 3.01. The van der Waals surface area contributed by atoms with Gasteiger partial charge in [0.05, 0.1) is 17.4 Å². The smallest absolute Gasteiger partial charge is 0.402 e. The number of nitrogens with two attached hydrogens (primary N) is 1. The van der Waals surface area contributed by atoms with Crippen molar-refractivity contribution < 1.29 is 13.7 Å². The van der Waals surface area contributed by atoms with Crippen LogP contribution in [-0.4, -0.2) is 18.8 Å². The lowest BCUT2D eigenvalue weighted by Gasteiger charge is -2.21. The SMILES string of the molecule is Cc1c(B2OC(C)C(C)(C)O2)ccc(F)c1N. The van der Waals surface area contributed by atoms with Crippen LogP contribution < -0.4 is 11.2 Å². The quantitative estimate of drug-likeness (QED) is 0.596. The van der Waals surface area contributed by atoms with Crippen molar-refractivity contribution in [2.45, 2.75) is 39.4 Å². The van der Waals surface area contributed by atoms with Crippen molar-refractivity contribution >= 4 is 18.3 Å². The van der Waals surface area contributed by atoms with Crippen molar-refractivity contribution in [3.8, 4) is 0 Å². The van der Waals surface area contributed by atoms with Crippen LogP contribution in [0.4, 0.5) is 10.1 Å². The van der Waals surface area contributed by atoms with Crippen LogP contribution in [0.2, 0.25) is 0 Å². The summed E-state index contributed by atoms with van der Waals surface area (Å²) in [6.45, 7) is 7.68. The third kappa shape index (κ3) is 2.05. The molecule has 2 rings (SSSR count). The summed E-state index contributed by atoms with van der Waals surface area (Å²) in [5, 5.41) is 0. The summed E-state index contributed by atoms with van der Waals surface area (Å²) in [5.74, 6) is -0.406. The Labute approximate surface area is 101 Å². The predicted octanol–water partition coefficient (Wildman–Crippen LogP) is 1.63. The van der Waals surface area contributed by atoms with Crippen LogP contribution in [0.15, 0.2) is 12.1 Å². The molecule has 1 aliphatic rings. The molecule has 0 radical (unpaired) electrons. The fourth-order valence-corrected chi connectivity index (χ4v) is 1.85. The average Bonchev–Trinajstić information content (AvgIpc) is 2.50. The van der Waals surface area contributed by atoms with Crippen molar-refractivity contribution in [3.63, 3.8) is 0 Å². The Balaban J connectivity index is 2.34. The number of hydrogen-bond donors (Lipinski definition) is 1. The molecule has 1 unspecified atom stereocenters. The average molecular weight is 237 g/mol. The number of halogens is 1. The van der Waals surface area contributed by atoms with E-state index < -0.39 is 12.9 Å². The fraction of sp³-hybridized carbons (Fsp3) is 0.500. The van der Waals surface area contributed by atoms with Crippen LogP contribution in [0, 0.1) is 12.7 Å². The number of rotatable bonds is 1. The third-order valence-corrected chi connectivity index (χ3v) is 3.47. The molecular weight excluding hydrogens is 220 g/mol. The lowest BCUT2D eigenvalue weighted by Crippen LogP contribution is -2.36. The maximum absolute atomic E-state index is 13.3. The van der Waals surface area contributed by atoms with Crippen LogP contribution in [0.1, 0.15) is 26.3 Å². The van der Waals surface area contributed by atoms with Gasteiger partial charge in [-0.1, -0.05) is 6.07 Å². The van der Waals surface area contributed by atoms with Gasteiger partial charge in [-0.3, -0.25) is 0 Å². The Bertz CT molecular complexity index is 450. The zero-order chi connectivity index (χ0) is 12.8. The second kappa shape index (κ2) is 4.00. The first-order chi connectivity index (χ1) is 7.83. The van der Waals surface area contributed by atoms with E-state index in [0.29, 0.717) is 5.56 Å². The topological polar surface area (TPSA) is 44.5 Å². The van der Waals surface area contributed by atoms with Gasteiger partial charge in [0, 0.05) is 0 Å². The largest absolute Gasteiger partial charge is 0.494 e. The summed E-state index contributed by atoms with van der Waals surface area (Å²) in [4.78, 5) is 0. The van der Waals surface area contributed by atoms with Crippen molar-refractivity contribution in [2.75, 3.05) is 5.73 Å². The van der Waals surface area contributed by atoms with E-state index in [0.717, 1.165) is 5.46 Å². The van der Waals surface area contributed by atoms with Gasteiger partial charge < -0.3 is 15.0 Å². The zero-order valence-corrected chi connectivity index (χ0v) is 10.6. The third-order valence-electron chi connectivity index (χ3n) is 3.47. The van der Waals surface area contributed by atoms with Crippen molar-refractivity contribution in [1.29, 1.82) is 0 Å². The molecule has 0 bridgehead atoms. The lowest BCUT2D eigenvalue weighted by molar-refractivity contribution is 0.0842. The van der Waals surface area contributed by atoms with E-state index in [1.165, 1.54) is 6.07 Å². The van der Waals surface area contributed by atoms with E-state index in [2.05, 4.69) is 0 Å². The van der Waals surface area contributed by atoms with Gasteiger partial charge in [0.15, 0.2) is 0 Å². The molecule has 0 spiro atoms. The molecule has 1 heterocycles. The lowest BCUT2D eigenvalue weighted by atomic mass is 9.76. The Kier molecular flexibility index (Phi) is 2.91. The second-order valence-electron chi connectivity index (χ2n) is 5.01. The highest BCUT2D eigenvalue weighted by Crippen LogP contribution is 2.28. The molecule has 92 valence electrons. The molecular formula is C12H17BFNO2.